The van der Waals surface area contributed by atoms with E-state index < -0.39 is 0 Å². The van der Waals surface area contributed by atoms with Gasteiger partial charge in [0.15, 0.2) is 0 Å². The summed E-state index contributed by atoms with van der Waals surface area (Å²) in [4.78, 5) is 0. The number of aryl methyl sites for hydroxylation is 1. The number of nitrogens with zero attached hydrogens (tertiary/aromatic N) is 2. The lowest BCUT2D eigenvalue weighted by atomic mass is 10.1. The lowest BCUT2D eigenvalue weighted by Gasteiger charge is -2.09. The Morgan fingerprint density at radius 3 is 2.47 bits per heavy atom. The first-order valence-electron chi connectivity index (χ1n) is 10.2. The Morgan fingerprint density at radius 1 is 0.933 bits per heavy atom. The lowest BCUT2D eigenvalue weighted by Crippen LogP contribution is -2.07. The van der Waals surface area contributed by atoms with Crippen molar-refractivity contribution < 1.29 is 4.74 Å². The van der Waals surface area contributed by atoms with Crippen LogP contribution >= 0.6 is 0 Å². The smallest absolute Gasteiger partial charge is 0.123 e. The van der Waals surface area contributed by atoms with Crippen molar-refractivity contribution in [2.24, 2.45) is 5.10 Å². The third-order valence-corrected chi connectivity index (χ3v) is 5.49. The van der Waals surface area contributed by atoms with Gasteiger partial charge in [-0.15, -0.1) is 0 Å². The first-order valence-corrected chi connectivity index (χ1v) is 10.2. The fourth-order valence-corrected chi connectivity index (χ4v) is 3.79. The van der Waals surface area contributed by atoms with Gasteiger partial charge >= 0.3 is 0 Å². The van der Waals surface area contributed by atoms with Crippen molar-refractivity contribution in [3.8, 4) is 5.75 Å². The molecule has 4 heteroatoms. The summed E-state index contributed by atoms with van der Waals surface area (Å²) in [5.41, 5.74) is 10.4. The van der Waals surface area contributed by atoms with Crippen molar-refractivity contribution in [3.63, 3.8) is 0 Å². The highest BCUT2D eigenvalue weighted by molar-refractivity contribution is 6.01. The summed E-state index contributed by atoms with van der Waals surface area (Å²) in [6.07, 6.45) is 1.93. The van der Waals surface area contributed by atoms with Crippen LogP contribution in [0.4, 0.5) is 0 Å². The van der Waals surface area contributed by atoms with E-state index in [0.717, 1.165) is 23.4 Å². The SMILES string of the molecule is COc1ccccc1CN/N=C\c1c(C)n(Cc2ccc(C)cc2)c2ccccc12. The summed E-state index contributed by atoms with van der Waals surface area (Å²) in [7, 11) is 1.69. The molecule has 4 rings (SSSR count). The molecule has 0 aliphatic rings. The highest BCUT2D eigenvalue weighted by atomic mass is 16.5. The molecule has 1 N–H and O–H groups in total. The predicted octanol–water partition coefficient (Wildman–Crippen LogP) is 5.44. The number of fused-ring (bicyclic) bond motifs is 1. The second-order valence-corrected chi connectivity index (χ2v) is 7.49. The lowest BCUT2D eigenvalue weighted by molar-refractivity contribution is 0.408. The van der Waals surface area contributed by atoms with Crippen LogP contribution in [0.2, 0.25) is 0 Å². The Kier molecular flexibility index (Phi) is 5.84. The van der Waals surface area contributed by atoms with Crippen molar-refractivity contribution in [1.82, 2.24) is 9.99 Å². The zero-order chi connectivity index (χ0) is 20.9. The molecule has 0 bridgehead atoms. The average Bonchev–Trinajstić information content (AvgIpc) is 3.04. The number of hydrazone groups is 1. The first-order chi connectivity index (χ1) is 14.7. The highest BCUT2D eigenvalue weighted by Gasteiger charge is 2.12. The topological polar surface area (TPSA) is 38.5 Å². The molecule has 152 valence electrons. The van der Waals surface area contributed by atoms with E-state index in [1.807, 2.05) is 30.5 Å². The first kappa shape index (κ1) is 19.8. The Balaban J connectivity index is 1.59. The molecule has 1 heterocycles. The molecule has 4 nitrogen and oxygen atoms in total. The minimum atomic E-state index is 0.613. The standard InChI is InChI=1S/C26H27N3O/c1-19-12-14-21(15-13-19)18-29-20(2)24(23-9-5-6-10-25(23)29)17-28-27-16-22-8-4-7-11-26(22)30-3/h4-15,17,27H,16,18H2,1-3H3/b28-17-. The predicted molar refractivity (Wildman–Crippen MR) is 124 cm³/mol. The number of rotatable bonds is 7. The van der Waals surface area contributed by atoms with Crippen molar-refractivity contribution in [1.29, 1.82) is 0 Å². The molecular formula is C26H27N3O. The van der Waals surface area contributed by atoms with Crippen LogP contribution in [0, 0.1) is 13.8 Å². The Bertz CT molecular complexity index is 1170. The van der Waals surface area contributed by atoms with Gasteiger partial charge in [0.1, 0.15) is 5.75 Å². The van der Waals surface area contributed by atoms with Crippen molar-refractivity contribution in [2.45, 2.75) is 26.9 Å². The molecule has 0 saturated heterocycles. The van der Waals surface area contributed by atoms with Crippen molar-refractivity contribution >= 4 is 17.1 Å². The number of methoxy groups -OCH3 is 1. The molecule has 0 unspecified atom stereocenters. The summed E-state index contributed by atoms with van der Waals surface area (Å²) in [5, 5.41) is 5.72. The number of aromatic nitrogens is 1. The molecule has 0 saturated carbocycles. The highest BCUT2D eigenvalue weighted by Crippen LogP contribution is 2.25. The number of nitrogens with one attached hydrogen (secondary N) is 1. The van der Waals surface area contributed by atoms with Crippen molar-refractivity contribution in [2.75, 3.05) is 7.11 Å². The van der Waals surface area contributed by atoms with Gasteiger partial charge in [0.2, 0.25) is 0 Å². The van der Waals surface area contributed by atoms with Gasteiger partial charge in [-0.2, -0.15) is 5.10 Å². The van der Waals surface area contributed by atoms with E-state index in [0.29, 0.717) is 6.54 Å². The maximum Gasteiger partial charge on any atom is 0.123 e. The van der Waals surface area contributed by atoms with Gasteiger partial charge in [-0.3, -0.25) is 0 Å². The van der Waals surface area contributed by atoms with Crippen LogP contribution in [0.25, 0.3) is 10.9 Å². The average molecular weight is 398 g/mol. The molecule has 0 radical (unpaired) electrons. The maximum absolute atomic E-state index is 5.41. The Morgan fingerprint density at radius 2 is 1.67 bits per heavy atom. The van der Waals surface area contributed by atoms with E-state index >= 15 is 0 Å². The number of para-hydroxylation sites is 2. The van der Waals surface area contributed by atoms with E-state index in [2.05, 4.69) is 77.5 Å². The number of hydrogen-bond donors (Lipinski definition) is 1. The van der Waals surface area contributed by atoms with Crippen molar-refractivity contribution in [3.05, 3.63) is 101 Å². The molecule has 0 atom stereocenters. The number of benzene rings is 3. The summed E-state index contributed by atoms with van der Waals surface area (Å²) in [6.45, 7) is 5.74. The largest absolute Gasteiger partial charge is 0.496 e. The summed E-state index contributed by atoms with van der Waals surface area (Å²) in [6, 6.07) is 25.2. The molecular weight excluding hydrogens is 370 g/mol. The second kappa shape index (κ2) is 8.87. The molecule has 0 aliphatic carbocycles. The molecule has 0 aliphatic heterocycles. The van der Waals surface area contributed by atoms with Gasteiger partial charge in [0, 0.05) is 34.3 Å². The summed E-state index contributed by atoms with van der Waals surface area (Å²) >= 11 is 0. The summed E-state index contributed by atoms with van der Waals surface area (Å²) < 4.78 is 7.77. The second-order valence-electron chi connectivity index (χ2n) is 7.49. The monoisotopic (exact) mass is 397 g/mol. The van der Waals surface area contributed by atoms with E-state index in [-0.39, 0.29) is 0 Å². The zero-order valence-electron chi connectivity index (χ0n) is 17.7. The third-order valence-electron chi connectivity index (χ3n) is 5.49. The van der Waals surface area contributed by atoms with E-state index in [1.54, 1.807) is 7.11 Å². The quantitative estimate of drug-likeness (QED) is 0.333. The van der Waals surface area contributed by atoms with Gasteiger partial charge < -0.3 is 14.7 Å². The molecule has 3 aromatic carbocycles. The molecule has 0 fully saturated rings. The van der Waals surface area contributed by atoms with Gasteiger partial charge in [-0.05, 0) is 31.5 Å². The van der Waals surface area contributed by atoms with Gasteiger partial charge in [-0.1, -0.05) is 66.2 Å². The van der Waals surface area contributed by atoms with Gasteiger partial charge in [-0.25, -0.2) is 0 Å². The third kappa shape index (κ3) is 4.08. The zero-order valence-corrected chi connectivity index (χ0v) is 17.7. The van der Waals surface area contributed by atoms with Crippen LogP contribution in [0.3, 0.4) is 0 Å². The fourth-order valence-electron chi connectivity index (χ4n) is 3.79. The number of hydrogen-bond acceptors (Lipinski definition) is 3. The van der Waals surface area contributed by atoms with Crippen LogP contribution in [-0.4, -0.2) is 17.9 Å². The molecule has 0 amide bonds. The van der Waals surface area contributed by atoms with Gasteiger partial charge in [0.05, 0.1) is 19.9 Å². The van der Waals surface area contributed by atoms with E-state index in [9.17, 15) is 0 Å². The van der Waals surface area contributed by atoms with Crippen LogP contribution in [-0.2, 0) is 13.1 Å². The molecule has 0 spiro atoms. The molecule has 4 aromatic rings. The minimum Gasteiger partial charge on any atom is -0.496 e. The normalized spacial score (nSPS) is 11.3. The Labute approximate surface area is 177 Å². The maximum atomic E-state index is 5.41. The van der Waals surface area contributed by atoms with Crippen LogP contribution in [0.15, 0.2) is 77.9 Å². The molecule has 1 aromatic heterocycles. The molecule has 30 heavy (non-hydrogen) atoms. The fraction of sp³-hybridized carbons (Fsp3) is 0.192. The van der Waals surface area contributed by atoms with E-state index in [1.165, 1.54) is 27.7 Å². The van der Waals surface area contributed by atoms with E-state index in [4.69, 9.17) is 4.74 Å². The van der Waals surface area contributed by atoms with Crippen LogP contribution < -0.4 is 10.2 Å². The summed E-state index contributed by atoms with van der Waals surface area (Å²) in [5.74, 6) is 0.867. The Hall–Kier alpha value is -3.53. The van der Waals surface area contributed by atoms with Crippen LogP contribution in [0.5, 0.6) is 5.75 Å². The number of ether oxygens (including phenoxy) is 1. The van der Waals surface area contributed by atoms with Crippen LogP contribution in [0.1, 0.15) is 27.9 Å². The van der Waals surface area contributed by atoms with Gasteiger partial charge in [0.25, 0.3) is 0 Å². The minimum absolute atomic E-state index is 0.613.